The van der Waals surface area contributed by atoms with Crippen molar-refractivity contribution in [3.05, 3.63) is 88.7 Å². The van der Waals surface area contributed by atoms with Crippen molar-refractivity contribution in [1.29, 1.82) is 0 Å². The van der Waals surface area contributed by atoms with Crippen molar-refractivity contribution in [1.82, 2.24) is 14.8 Å². The first-order chi connectivity index (χ1) is 21.5. The number of amides is 3. The monoisotopic (exact) mass is 657 g/mol. The van der Waals surface area contributed by atoms with E-state index in [9.17, 15) is 22.8 Å². The molecule has 234 valence electrons. The number of halogens is 4. The van der Waals surface area contributed by atoms with Crippen LogP contribution in [0.15, 0.2) is 72.0 Å². The highest BCUT2D eigenvalue weighted by atomic mass is 35.5. The highest BCUT2D eigenvalue weighted by Crippen LogP contribution is 2.32. The van der Waals surface area contributed by atoms with E-state index >= 15 is 0 Å². The van der Waals surface area contributed by atoms with Gasteiger partial charge in [-0.1, -0.05) is 54.9 Å². The van der Waals surface area contributed by atoms with E-state index in [0.29, 0.717) is 27.1 Å². The second kappa shape index (κ2) is 13.6. The molecule has 1 aliphatic rings. The second-order valence-electron chi connectivity index (χ2n) is 9.94. The lowest BCUT2D eigenvalue weighted by Crippen LogP contribution is -2.31. The number of nitrogens with one attached hydrogen (secondary N) is 2. The highest BCUT2D eigenvalue weighted by molar-refractivity contribution is 8.15. The molecular weight excluding hydrogens is 631 g/mol. The Hall–Kier alpha value is -4.56. The number of carbonyl (C=O) groups excluding carboxylic acids is 2. The maximum absolute atomic E-state index is 12.9. The number of amidine groups is 1. The Kier molecular flexibility index (Phi) is 9.63. The fourth-order valence-electron chi connectivity index (χ4n) is 4.49. The zero-order valence-corrected chi connectivity index (χ0v) is 25.6. The largest absolute Gasteiger partial charge is 0.573 e. The Balaban J connectivity index is 1.21. The lowest BCUT2D eigenvalue weighted by atomic mass is 10.0. The predicted octanol–water partition coefficient (Wildman–Crippen LogP) is 7.36. The molecule has 10 nitrogen and oxygen atoms in total. The Bertz CT molecular complexity index is 1750. The van der Waals surface area contributed by atoms with Crippen LogP contribution in [0.1, 0.15) is 30.0 Å². The number of aromatic nitrogens is 3. The molecule has 2 N–H and O–H groups in total. The molecule has 1 aliphatic heterocycles. The smallest absolute Gasteiger partial charge is 0.406 e. The molecule has 4 aromatic rings. The average Bonchev–Trinajstić information content (AvgIpc) is 3.59. The third kappa shape index (κ3) is 8.13. The van der Waals surface area contributed by atoms with Gasteiger partial charge < -0.3 is 15.4 Å². The number of hydrogen-bond donors (Lipinski definition) is 2. The van der Waals surface area contributed by atoms with Crippen LogP contribution in [0.4, 0.5) is 35.3 Å². The molecule has 5 rings (SSSR count). The van der Waals surface area contributed by atoms with Crippen molar-refractivity contribution in [3.8, 4) is 11.4 Å². The van der Waals surface area contributed by atoms with Crippen molar-refractivity contribution in [3.63, 3.8) is 0 Å². The van der Waals surface area contributed by atoms with Crippen LogP contribution >= 0.6 is 23.4 Å². The van der Waals surface area contributed by atoms with Crippen molar-refractivity contribution in [2.45, 2.75) is 39.6 Å². The molecular formula is C30H27ClF3N7O3S. The SMILES string of the molecule is CCCc1ccc(C)cc1N1C(=O)CS/C1=N\C(=O)Nc1ccc(CNc2ncn(-c3ccc(OC(F)(F)F)cc3)n2)c(Cl)c1. The molecule has 15 heteroatoms. The van der Waals surface area contributed by atoms with Crippen LogP contribution in [-0.2, 0) is 17.8 Å². The van der Waals surface area contributed by atoms with Crippen molar-refractivity contribution < 1.29 is 27.5 Å². The molecule has 45 heavy (non-hydrogen) atoms. The molecule has 0 radical (unpaired) electrons. The minimum Gasteiger partial charge on any atom is -0.406 e. The topological polar surface area (TPSA) is 114 Å². The minimum absolute atomic E-state index is 0.137. The molecule has 0 aliphatic carbocycles. The predicted molar refractivity (Wildman–Crippen MR) is 168 cm³/mol. The van der Waals surface area contributed by atoms with Gasteiger partial charge in [-0.3, -0.25) is 9.69 Å². The molecule has 0 saturated carbocycles. The summed E-state index contributed by atoms with van der Waals surface area (Å²) in [7, 11) is 0. The summed E-state index contributed by atoms with van der Waals surface area (Å²) < 4.78 is 42.4. The molecule has 0 spiro atoms. The summed E-state index contributed by atoms with van der Waals surface area (Å²) in [6, 6.07) is 15.5. The normalized spacial score (nSPS) is 14.2. The van der Waals surface area contributed by atoms with E-state index in [1.165, 1.54) is 51.9 Å². The van der Waals surface area contributed by atoms with E-state index in [1.807, 2.05) is 25.1 Å². The van der Waals surface area contributed by atoms with Crippen LogP contribution in [0, 0.1) is 6.92 Å². The number of alkyl halides is 3. The van der Waals surface area contributed by atoms with Crippen LogP contribution in [0.3, 0.4) is 0 Å². The maximum atomic E-state index is 12.9. The van der Waals surface area contributed by atoms with Crippen molar-refractivity contribution in [2.75, 3.05) is 21.3 Å². The van der Waals surface area contributed by atoms with Crippen LogP contribution in [-0.4, -0.2) is 44.0 Å². The molecule has 3 amide bonds. The second-order valence-corrected chi connectivity index (χ2v) is 11.3. The third-order valence-electron chi connectivity index (χ3n) is 6.53. The summed E-state index contributed by atoms with van der Waals surface area (Å²) in [6.07, 6.45) is -1.67. The number of hydrogen-bond acceptors (Lipinski definition) is 7. The molecule has 1 fully saturated rings. The Morgan fingerprint density at radius 3 is 2.58 bits per heavy atom. The number of aryl methyl sites for hydroxylation is 2. The van der Waals surface area contributed by atoms with Gasteiger partial charge in [0.15, 0.2) is 5.17 Å². The van der Waals surface area contributed by atoms with Gasteiger partial charge in [-0.2, -0.15) is 4.99 Å². The number of nitrogens with zero attached hydrogens (tertiary/aromatic N) is 5. The summed E-state index contributed by atoms with van der Waals surface area (Å²) >= 11 is 7.68. The molecule has 0 unspecified atom stereocenters. The molecule has 0 bridgehead atoms. The Morgan fingerprint density at radius 1 is 1.11 bits per heavy atom. The van der Waals surface area contributed by atoms with Gasteiger partial charge in [-0.15, -0.1) is 18.3 Å². The Morgan fingerprint density at radius 2 is 1.87 bits per heavy atom. The molecule has 0 atom stereocenters. The minimum atomic E-state index is -4.77. The first kappa shape index (κ1) is 31.9. The lowest BCUT2D eigenvalue weighted by molar-refractivity contribution is -0.274. The molecule has 1 saturated heterocycles. The van der Waals surface area contributed by atoms with E-state index in [4.69, 9.17) is 11.6 Å². The molecule has 1 aromatic heterocycles. The van der Waals surface area contributed by atoms with Gasteiger partial charge in [0.2, 0.25) is 11.9 Å². The number of rotatable bonds is 9. The van der Waals surface area contributed by atoms with Gasteiger partial charge in [0.25, 0.3) is 0 Å². The van der Waals surface area contributed by atoms with Crippen LogP contribution in [0.2, 0.25) is 5.02 Å². The number of benzene rings is 3. The fourth-order valence-corrected chi connectivity index (χ4v) is 5.60. The first-order valence-corrected chi connectivity index (χ1v) is 15.1. The van der Waals surface area contributed by atoms with Gasteiger partial charge in [0.05, 0.1) is 17.1 Å². The average molecular weight is 658 g/mol. The van der Waals surface area contributed by atoms with E-state index in [2.05, 4.69) is 37.4 Å². The van der Waals surface area contributed by atoms with E-state index in [0.717, 1.165) is 29.7 Å². The quantitative estimate of drug-likeness (QED) is 0.193. The summed E-state index contributed by atoms with van der Waals surface area (Å²) in [5, 5.41) is 10.7. The van der Waals surface area contributed by atoms with Crippen molar-refractivity contribution >= 4 is 57.8 Å². The first-order valence-electron chi connectivity index (χ1n) is 13.7. The summed E-state index contributed by atoms with van der Waals surface area (Å²) in [4.78, 5) is 35.5. The summed E-state index contributed by atoms with van der Waals surface area (Å²) in [6.45, 7) is 4.27. The van der Waals surface area contributed by atoms with E-state index < -0.39 is 12.4 Å². The number of anilines is 3. The standard InChI is InChI=1S/C30H27ClF3N7O3S/c1-3-4-19-6-5-18(2)13-25(19)41-26(42)16-45-29(41)38-28(43)37-21-8-7-20(24(31)14-21)15-35-27-36-17-40(39-27)22-9-11-23(12-10-22)44-30(32,33)34/h5-14,17H,3-4,15-16H2,1-2H3,(H,35,39)(H,37,43)/b38-29-. The van der Waals surface area contributed by atoms with Gasteiger partial charge >= 0.3 is 12.4 Å². The highest BCUT2D eigenvalue weighted by Gasteiger charge is 2.32. The maximum Gasteiger partial charge on any atom is 0.573 e. The van der Waals surface area contributed by atoms with Gasteiger partial charge in [-0.05, 0) is 72.5 Å². The lowest BCUT2D eigenvalue weighted by Gasteiger charge is -2.20. The summed E-state index contributed by atoms with van der Waals surface area (Å²) in [5.41, 5.74) is 4.35. The zero-order valence-electron chi connectivity index (χ0n) is 24.1. The van der Waals surface area contributed by atoms with Crippen LogP contribution in [0.5, 0.6) is 5.75 Å². The summed E-state index contributed by atoms with van der Waals surface area (Å²) in [5.74, 6) is -0.0276. The van der Waals surface area contributed by atoms with Gasteiger partial charge in [-0.25, -0.2) is 14.5 Å². The van der Waals surface area contributed by atoms with E-state index in [-0.39, 0.29) is 29.9 Å². The van der Waals surface area contributed by atoms with Gasteiger partial charge in [0, 0.05) is 17.3 Å². The number of urea groups is 1. The number of aliphatic imine (C=N–C) groups is 1. The number of thioether (sulfide) groups is 1. The zero-order chi connectivity index (χ0) is 32.1. The number of ether oxygens (including phenoxy) is 1. The van der Waals surface area contributed by atoms with Gasteiger partial charge in [0.1, 0.15) is 12.1 Å². The molecule has 2 heterocycles. The van der Waals surface area contributed by atoms with Crippen LogP contribution < -0.4 is 20.3 Å². The van der Waals surface area contributed by atoms with Crippen LogP contribution in [0.25, 0.3) is 5.69 Å². The Labute approximate surface area is 265 Å². The van der Waals surface area contributed by atoms with E-state index in [1.54, 1.807) is 18.2 Å². The number of carbonyl (C=O) groups is 2. The van der Waals surface area contributed by atoms with Crippen molar-refractivity contribution in [2.24, 2.45) is 4.99 Å². The molecule has 3 aromatic carbocycles. The fraction of sp³-hybridized carbons (Fsp3) is 0.233. The third-order valence-corrected chi connectivity index (χ3v) is 7.81.